The number of ketones is 1. The molecule has 2 aliphatic heterocycles. The summed E-state index contributed by atoms with van der Waals surface area (Å²) in [5.41, 5.74) is -0.393. The lowest BCUT2D eigenvalue weighted by molar-refractivity contribution is -0.141. The number of aromatic nitrogens is 1. The number of Topliss-reactive ketones (excluding diaryl/α,β-unsaturated/α-hetero) is 1. The third kappa shape index (κ3) is 3.22. The van der Waals surface area contributed by atoms with E-state index in [0.717, 1.165) is 15.2 Å². The highest BCUT2D eigenvalue weighted by atomic mass is 32.2. The molecular weight excluding hydrogens is 371 g/mol. The molecule has 142 valence electrons. The Balaban J connectivity index is 1.80. The molecule has 3 heterocycles. The van der Waals surface area contributed by atoms with Crippen LogP contribution >= 0.6 is 11.8 Å². The molecule has 0 radical (unpaired) electrons. The third-order valence-electron chi connectivity index (χ3n) is 4.78. The number of nitrogens with zero attached hydrogens (tertiary/aromatic N) is 2. The van der Waals surface area contributed by atoms with Crippen molar-refractivity contribution in [2.75, 3.05) is 18.1 Å². The molecule has 1 aromatic heterocycles. The third-order valence-corrected chi connectivity index (χ3v) is 5.97. The SMILES string of the molecule is Cc1cc(C(=O)CN2C(=O)NC3(CCSC3)C2=O)c(C)n1CC(F)(F)F. The maximum Gasteiger partial charge on any atom is 0.406 e. The summed E-state index contributed by atoms with van der Waals surface area (Å²) < 4.78 is 39.1. The van der Waals surface area contributed by atoms with E-state index in [4.69, 9.17) is 0 Å². The zero-order chi connectivity index (χ0) is 19.3. The lowest BCUT2D eigenvalue weighted by Crippen LogP contribution is -2.47. The van der Waals surface area contributed by atoms with Crippen molar-refractivity contribution in [1.29, 1.82) is 0 Å². The number of imide groups is 1. The van der Waals surface area contributed by atoms with Crippen LogP contribution in [0.4, 0.5) is 18.0 Å². The number of thioether (sulfide) groups is 1. The van der Waals surface area contributed by atoms with Gasteiger partial charge in [0.2, 0.25) is 0 Å². The summed E-state index contributed by atoms with van der Waals surface area (Å²) in [6.07, 6.45) is -3.90. The van der Waals surface area contributed by atoms with Crippen LogP contribution in [0.1, 0.15) is 28.2 Å². The van der Waals surface area contributed by atoms with E-state index >= 15 is 0 Å². The Kier molecular flexibility index (Phi) is 4.58. The minimum atomic E-state index is -4.41. The largest absolute Gasteiger partial charge is 0.406 e. The van der Waals surface area contributed by atoms with Gasteiger partial charge in [0.15, 0.2) is 5.78 Å². The van der Waals surface area contributed by atoms with Gasteiger partial charge in [-0.2, -0.15) is 24.9 Å². The molecule has 1 unspecified atom stereocenters. The second-order valence-corrected chi connectivity index (χ2v) is 7.72. The molecule has 3 amide bonds. The van der Waals surface area contributed by atoms with Crippen LogP contribution < -0.4 is 5.32 Å². The topological polar surface area (TPSA) is 71.4 Å². The first-order chi connectivity index (χ1) is 12.0. The van der Waals surface area contributed by atoms with Crippen molar-refractivity contribution in [1.82, 2.24) is 14.8 Å². The number of hydrogen-bond donors (Lipinski definition) is 1. The average Bonchev–Trinajstić information content (AvgIpc) is 3.17. The second kappa shape index (κ2) is 6.33. The van der Waals surface area contributed by atoms with Gasteiger partial charge in [0.1, 0.15) is 12.1 Å². The van der Waals surface area contributed by atoms with Gasteiger partial charge in [-0.25, -0.2) is 4.79 Å². The first kappa shape index (κ1) is 18.8. The van der Waals surface area contributed by atoms with Crippen LogP contribution in [0.3, 0.4) is 0 Å². The minimum Gasteiger partial charge on any atom is -0.339 e. The van der Waals surface area contributed by atoms with Gasteiger partial charge in [-0.05, 0) is 32.1 Å². The van der Waals surface area contributed by atoms with Crippen molar-refractivity contribution < 1.29 is 27.6 Å². The second-order valence-electron chi connectivity index (χ2n) is 6.62. The van der Waals surface area contributed by atoms with E-state index in [-0.39, 0.29) is 11.3 Å². The van der Waals surface area contributed by atoms with Crippen LogP contribution in [-0.2, 0) is 11.3 Å². The molecule has 2 saturated heterocycles. The van der Waals surface area contributed by atoms with E-state index in [0.29, 0.717) is 17.9 Å². The lowest BCUT2D eigenvalue weighted by atomic mass is 9.99. The molecule has 1 atom stereocenters. The Morgan fingerprint density at radius 2 is 2.04 bits per heavy atom. The monoisotopic (exact) mass is 389 g/mol. The maximum absolute atomic E-state index is 12.7. The van der Waals surface area contributed by atoms with E-state index in [2.05, 4.69) is 5.32 Å². The molecular formula is C16H18F3N3O3S. The van der Waals surface area contributed by atoms with Crippen LogP contribution in [-0.4, -0.2) is 57.0 Å². The van der Waals surface area contributed by atoms with Crippen LogP contribution in [0.25, 0.3) is 0 Å². The van der Waals surface area contributed by atoms with E-state index in [1.165, 1.54) is 19.9 Å². The van der Waals surface area contributed by atoms with Crippen LogP contribution in [0.5, 0.6) is 0 Å². The molecule has 0 bridgehead atoms. The predicted octanol–water partition coefficient (Wildman–Crippen LogP) is 2.28. The fourth-order valence-electron chi connectivity index (χ4n) is 3.39. The number of urea groups is 1. The van der Waals surface area contributed by atoms with Crippen molar-refractivity contribution >= 4 is 29.5 Å². The van der Waals surface area contributed by atoms with E-state index in [1.54, 1.807) is 11.8 Å². The number of carbonyl (C=O) groups excluding carboxylic acids is 3. The van der Waals surface area contributed by atoms with Gasteiger partial charge < -0.3 is 9.88 Å². The van der Waals surface area contributed by atoms with Crippen molar-refractivity contribution in [2.45, 2.75) is 38.5 Å². The molecule has 1 N–H and O–H groups in total. The highest BCUT2D eigenvalue weighted by molar-refractivity contribution is 7.99. The molecule has 10 heteroatoms. The van der Waals surface area contributed by atoms with Gasteiger partial charge in [0.25, 0.3) is 5.91 Å². The first-order valence-corrected chi connectivity index (χ1v) is 9.18. The molecule has 2 aliphatic rings. The fourth-order valence-corrected chi connectivity index (χ4v) is 4.71. The van der Waals surface area contributed by atoms with Gasteiger partial charge in [-0.3, -0.25) is 14.5 Å². The first-order valence-electron chi connectivity index (χ1n) is 8.03. The van der Waals surface area contributed by atoms with Gasteiger partial charge in [-0.1, -0.05) is 0 Å². The Morgan fingerprint density at radius 3 is 2.62 bits per heavy atom. The van der Waals surface area contributed by atoms with Gasteiger partial charge in [0, 0.05) is 22.7 Å². The fraction of sp³-hybridized carbons (Fsp3) is 0.562. The van der Waals surface area contributed by atoms with Crippen LogP contribution in [0, 0.1) is 13.8 Å². The number of nitrogens with one attached hydrogen (secondary N) is 1. The molecule has 6 nitrogen and oxygen atoms in total. The molecule has 0 aromatic carbocycles. The smallest absolute Gasteiger partial charge is 0.339 e. The van der Waals surface area contributed by atoms with Gasteiger partial charge in [-0.15, -0.1) is 0 Å². The Morgan fingerprint density at radius 1 is 1.35 bits per heavy atom. The summed E-state index contributed by atoms with van der Waals surface area (Å²) in [6, 6.07) is 0.734. The number of hydrogen-bond acceptors (Lipinski definition) is 4. The highest BCUT2D eigenvalue weighted by Crippen LogP contribution is 2.33. The van der Waals surface area contributed by atoms with E-state index < -0.39 is 42.5 Å². The summed E-state index contributed by atoms with van der Waals surface area (Å²) in [5.74, 6) is 0.206. The van der Waals surface area contributed by atoms with Gasteiger partial charge >= 0.3 is 12.2 Å². The molecule has 2 fully saturated rings. The number of amides is 3. The average molecular weight is 389 g/mol. The molecule has 0 aliphatic carbocycles. The van der Waals surface area contributed by atoms with E-state index in [1.807, 2.05) is 0 Å². The number of rotatable bonds is 4. The zero-order valence-electron chi connectivity index (χ0n) is 14.3. The standard InChI is InChI=1S/C16H18F3N3O3S/c1-9-5-11(10(2)22(9)7-16(17,18)19)12(23)6-21-13(24)15(20-14(21)25)3-4-26-8-15/h5H,3-4,6-8H2,1-2H3,(H,20,25). The Bertz CT molecular complexity index is 782. The molecule has 3 rings (SSSR count). The Hall–Kier alpha value is -1.97. The minimum absolute atomic E-state index is 0.0918. The number of aryl methyl sites for hydroxylation is 1. The quantitative estimate of drug-likeness (QED) is 0.634. The molecule has 1 aromatic rings. The molecule has 26 heavy (non-hydrogen) atoms. The molecule has 1 spiro atoms. The van der Waals surface area contributed by atoms with Crippen LogP contribution in [0.15, 0.2) is 6.07 Å². The zero-order valence-corrected chi connectivity index (χ0v) is 15.1. The van der Waals surface area contributed by atoms with Gasteiger partial charge in [0.05, 0.1) is 6.54 Å². The maximum atomic E-state index is 12.7. The molecule has 0 saturated carbocycles. The number of carbonyl (C=O) groups is 3. The normalized spacial score (nSPS) is 23.2. The number of halogens is 3. The number of alkyl halides is 3. The van der Waals surface area contributed by atoms with Crippen molar-refractivity contribution in [3.8, 4) is 0 Å². The van der Waals surface area contributed by atoms with Crippen molar-refractivity contribution in [3.05, 3.63) is 23.0 Å². The summed E-state index contributed by atoms with van der Waals surface area (Å²) in [7, 11) is 0. The lowest BCUT2D eigenvalue weighted by Gasteiger charge is -2.19. The van der Waals surface area contributed by atoms with Crippen LogP contribution in [0.2, 0.25) is 0 Å². The predicted molar refractivity (Wildman–Crippen MR) is 89.2 cm³/mol. The highest BCUT2D eigenvalue weighted by Gasteiger charge is 2.53. The summed E-state index contributed by atoms with van der Waals surface area (Å²) >= 11 is 1.55. The van der Waals surface area contributed by atoms with E-state index in [9.17, 15) is 27.6 Å². The summed E-state index contributed by atoms with van der Waals surface area (Å²) in [6.45, 7) is 1.23. The van der Waals surface area contributed by atoms with Crippen molar-refractivity contribution in [2.24, 2.45) is 0 Å². The summed E-state index contributed by atoms with van der Waals surface area (Å²) in [4.78, 5) is 38.1. The summed E-state index contributed by atoms with van der Waals surface area (Å²) in [5, 5.41) is 2.66. The Labute approximate surface area is 152 Å². The van der Waals surface area contributed by atoms with Crippen molar-refractivity contribution in [3.63, 3.8) is 0 Å².